The number of benzene rings is 1. The molecule has 1 heterocycles. The van der Waals surface area contributed by atoms with Gasteiger partial charge in [-0.05, 0) is 30.7 Å². The lowest BCUT2D eigenvalue weighted by atomic mass is 10.2. The molecule has 2 rings (SSSR count). The zero-order valence-corrected chi connectivity index (χ0v) is 15.1. The largest absolute Gasteiger partial charge is 0.382 e. The second-order valence-electron chi connectivity index (χ2n) is 5.38. The second kappa shape index (κ2) is 7.83. The van der Waals surface area contributed by atoms with E-state index in [9.17, 15) is 13.2 Å². The Morgan fingerprint density at radius 1 is 1.42 bits per heavy atom. The summed E-state index contributed by atoms with van der Waals surface area (Å²) in [6.07, 6.45) is 3.91. The number of carbonyl (C=O) groups is 1. The summed E-state index contributed by atoms with van der Waals surface area (Å²) < 4.78 is 27.3. The molecular weight excluding hydrogens is 358 g/mol. The van der Waals surface area contributed by atoms with Crippen LogP contribution in [0.4, 0.5) is 17.5 Å². The minimum atomic E-state index is -3.60. The van der Waals surface area contributed by atoms with Crippen LogP contribution in [0.15, 0.2) is 37.1 Å². The number of nitrogens with two attached hydrogens (primary N) is 1. The third-order valence-corrected chi connectivity index (χ3v) is 3.62. The van der Waals surface area contributed by atoms with E-state index in [2.05, 4.69) is 27.2 Å². The number of aromatic nitrogens is 2. The van der Waals surface area contributed by atoms with E-state index in [1.165, 1.54) is 12.3 Å². The molecule has 2 aromatic rings. The first-order chi connectivity index (χ1) is 12.2. The van der Waals surface area contributed by atoms with Gasteiger partial charge in [-0.25, -0.2) is 4.98 Å². The van der Waals surface area contributed by atoms with Crippen molar-refractivity contribution in [3.63, 3.8) is 0 Å². The predicted molar refractivity (Wildman–Crippen MR) is 99.2 cm³/mol. The first kappa shape index (κ1) is 19.2. The van der Waals surface area contributed by atoms with E-state index in [-0.39, 0.29) is 23.1 Å². The lowest BCUT2D eigenvalue weighted by molar-refractivity contribution is 0.100. The van der Waals surface area contributed by atoms with E-state index in [1.807, 2.05) is 0 Å². The van der Waals surface area contributed by atoms with Crippen LogP contribution in [0.3, 0.4) is 0 Å². The Morgan fingerprint density at radius 2 is 2.15 bits per heavy atom. The maximum Gasteiger partial charge on any atom is 0.306 e. The number of hydrogen-bond donors (Lipinski definition) is 3. The lowest BCUT2D eigenvalue weighted by Crippen LogP contribution is -2.17. The minimum Gasteiger partial charge on any atom is -0.382 e. The van der Waals surface area contributed by atoms with Crippen molar-refractivity contribution in [1.82, 2.24) is 9.97 Å². The van der Waals surface area contributed by atoms with Crippen LogP contribution in [-0.4, -0.2) is 37.1 Å². The van der Waals surface area contributed by atoms with Gasteiger partial charge in [-0.15, -0.1) is 6.58 Å². The standard InChI is InChI=1S/C16H19N5O4S/c1-4-7-18-15-12(14(17)22)9-19-16(21-15)20-11-5-6-13(10(2)8-11)25-26(3,23)24/h4-6,8-9H,1,7H2,2-3H3,(H2,17,22)(H2,18,19,20,21). The molecule has 0 bridgehead atoms. The molecule has 0 aliphatic rings. The summed E-state index contributed by atoms with van der Waals surface area (Å²) >= 11 is 0. The molecule has 9 nitrogen and oxygen atoms in total. The molecule has 1 aromatic carbocycles. The van der Waals surface area contributed by atoms with Crippen LogP contribution in [0.2, 0.25) is 0 Å². The summed E-state index contributed by atoms with van der Waals surface area (Å²) in [7, 11) is -3.60. The van der Waals surface area contributed by atoms with Crippen LogP contribution in [0, 0.1) is 6.92 Å². The van der Waals surface area contributed by atoms with Crippen LogP contribution in [0.25, 0.3) is 0 Å². The molecule has 0 aliphatic carbocycles. The SMILES string of the molecule is C=CCNc1nc(Nc2ccc(OS(C)(=O)=O)c(C)c2)ncc1C(N)=O. The van der Waals surface area contributed by atoms with Crippen molar-refractivity contribution in [3.8, 4) is 5.75 Å². The van der Waals surface area contributed by atoms with Gasteiger partial charge >= 0.3 is 10.1 Å². The molecule has 10 heteroatoms. The quantitative estimate of drug-likeness (QED) is 0.466. The molecule has 0 unspecified atom stereocenters. The number of rotatable bonds is 8. The monoisotopic (exact) mass is 377 g/mol. The average Bonchev–Trinajstić information content (AvgIpc) is 2.54. The van der Waals surface area contributed by atoms with Crippen molar-refractivity contribution in [2.24, 2.45) is 5.73 Å². The number of anilines is 3. The highest BCUT2D eigenvalue weighted by atomic mass is 32.2. The Kier molecular flexibility index (Phi) is 5.78. The molecule has 0 spiro atoms. The third-order valence-electron chi connectivity index (χ3n) is 3.14. The van der Waals surface area contributed by atoms with Crippen molar-refractivity contribution in [2.45, 2.75) is 6.92 Å². The number of primary amides is 1. The van der Waals surface area contributed by atoms with E-state index in [1.54, 1.807) is 25.1 Å². The van der Waals surface area contributed by atoms with Crippen molar-refractivity contribution < 1.29 is 17.4 Å². The number of nitrogens with zero attached hydrogens (tertiary/aromatic N) is 2. The molecule has 0 saturated carbocycles. The highest BCUT2D eigenvalue weighted by molar-refractivity contribution is 7.86. The van der Waals surface area contributed by atoms with Crippen molar-refractivity contribution >= 4 is 33.5 Å². The molecule has 0 aliphatic heterocycles. The van der Waals surface area contributed by atoms with Gasteiger partial charge in [-0.3, -0.25) is 4.79 Å². The Hall–Kier alpha value is -3.14. The van der Waals surface area contributed by atoms with Gasteiger partial charge in [0.2, 0.25) is 5.95 Å². The number of carbonyl (C=O) groups excluding carboxylic acids is 1. The van der Waals surface area contributed by atoms with Gasteiger partial charge in [-0.2, -0.15) is 13.4 Å². The zero-order valence-electron chi connectivity index (χ0n) is 14.3. The molecular formula is C16H19N5O4S. The fraction of sp³-hybridized carbons (Fsp3) is 0.188. The fourth-order valence-corrected chi connectivity index (χ4v) is 2.55. The van der Waals surface area contributed by atoms with E-state index >= 15 is 0 Å². The smallest absolute Gasteiger partial charge is 0.306 e. The Labute approximate surface area is 151 Å². The van der Waals surface area contributed by atoms with E-state index in [0.29, 0.717) is 17.8 Å². The van der Waals surface area contributed by atoms with E-state index < -0.39 is 16.0 Å². The van der Waals surface area contributed by atoms with Crippen LogP contribution in [-0.2, 0) is 10.1 Å². The number of hydrogen-bond acceptors (Lipinski definition) is 8. The van der Waals surface area contributed by atoms with E-state index in [4.69, 9.17) is 9.92 Å². The topological polar surface area (TPSA) is 136 Å². The Bertz CT molecular complexity index is 944. The lowest BCUT2D eigenvalue weighted by Gasteiger charge is -2.12. The normalized spacial score (nSPS) is 10.8. The van der Waals surface area contributed by atoms with Gasteiger partial charge in [0.05, 0.1) is 11.8 Å². The molecule has 138 valence electrons. The van der Waals surface area contributed by atoms with Gasteiger partial charge in [-0.1, -0.05) is 6.08 Å². The van der Waals surface area contributed by atoms with Crippen LogP contribution < -0.4 is 20.6 Å². The molecule has 1 amide bonds. The molecule has 26 heavy (non-hydrogen) atoms. The molecule has 0 fully saturated rings. The fourth-order valence-electron chi connectivity index (χ4n) is 2.04. The summed E-state index contributed by atoms with van der Waals surface area (Å²) in [5, 5.41) is 5.89. The van der Waals surface area contributed by atoms with Gasteiger partial charge in [0, 0.05) is 18.4 Å². The maximum atomic E-state index is 11.4. The van der Waals surface area contributed by atoms with Gasteiger partial charge in [0.25, 0.3) is 5.91 Å². The van der Waals surface area contributed by atoms with Crippen molar-refractivity contribution in [2.75, 3.05) is 23.4 Å². The van der Waals surface area contributed by atoms with Gasteiger partial charge < -0.3 is 20.6 Å². The number of amides is 1. The maximum absolute atomic E-state index is 11.4. The van der Waals surface area contributed by atoms with Crippen LogP contribution in [0.1, 0.15) is 15.9 Å². The number of aryl methyl sites for hydroxylation is 1. The van der Waals surface area contributed by atoms with Crippen molar-refractivity contribution in [1.29, 1.82) is 0 Å². The average molecular weight is 377 g/mol. The molecule has 4 N–H and O–H groups in total. The summed E-state index contributed by atoms with van der Waals surface area (Å²) in [5.74, 6) is 0.0963. The second-order valence-corrected chi connectivity index (χ2v) is 6.96. The molecule has 0 radical (unpaired) electrons. The van der Waals surface area contributed by atoms with E-state index in [0.717, 1.165) is 6.26 Å². The Balaban J connectivity index is 2.26. The highest BCUT2D eigenvalue weighted by Crippen LogP contribution is 2.25. The Morgan fingerprint density at radius 3 is 2.73 bits per heavy atom. The van der Waals surface area contributed by atoms with Crippen molar-refractivity contribution in [3.05, 3.63) is 48.2 Å². The van der Waals surface area contributed by atoms with Gasteiger partial charge in [0.1, 0.15) is 11.6 Å². The van der Waals surface area contributed by atoms with Crippen LogP contribution in [0.5, 0.6) is 5.75 Å². The predicted octanol–water partition coefficient (Wildman–Crippen LogP) is 1.56. The van der Waals surface area contributed by atoms with Crippen LogP contribution >= 0.6 is 0 Å². The zero-order chi connectivity index (χ0) is 19.3. The van der Waals surface area contributed by atoms with Gasteiger partial charge in [0.15, 0.2) is 0 Å². The summed E-state index contributed by atoms with van der Waals surface area (Å²) in [6.45, 7) is 5.70. The minimum absolute atomic E-state index is 0.158. The number of nitrogens with one attached hydrogen (secondary N) is 2. The first-order valence-electron chi connectivity index (χ1n) is 7.48. The summed E-state index contributed by atoms with van der Waals surface area (Å²) in [5.41, 5.74) is 6.69. The summed E-state index contributed by atoms with van der Waals surface area (Å²) in [4.78, 5) is 19.7. The first-order valence-corrected chi connectivity index (χ1v) is 9.30. The summed E-state index contributed by atoms with van der Waals surface area (Å²) in [6, 6.07) is 4.83. The molecule has 0 atom stereocenters. The molecule has 1 aromatic heterocycles. The molecule has 0 saturated heterocycles. The third kappa shape index (κ3) is 5.18. The highest BCUT2D eigenvalue weighted by Gasteiger charge is 2.13.